The quantitative estimate of drug-likeness (QED) is 0.546. The number of carbonyl (C=O) groups is 3. The maximum absolute atomic E-state index is 13.3. The first-order valence-electron chi connectivity index (χ1n) is 10.3. The van der Waals surface area contributed by atoms with Gasteiger partial charge >= 0.3 is 0 Å². The molecular formula is C23H25F2N3O4. The lowest BCUT2D eigenvalue weighted by Crippen LogP contribution is -2.52. The van der Waals surface area contributed by atoms with Gasteiger partial charge in [-0.3, -0.25) is 14.4 Å². The monoisotopic (exact) mass is 445 g/mol. The summed E-state index contributed by atoms with van der Waals surface area (Å²) < 4.78 is 26.6. The van der Waals surface area contributed by atoms with E-state index in [1.807, 2.05) is 30.3 Å². The molecule has 3 amide bonds. The molecule has 0 spiro atoms. The van der Waals surface area contributed by atoms with Crippen LogP contribution in [0.1, 0.15) is 49.5 Å². The minimum absolute atomic E-state index is 0.149. The molecule has 0 unspecified atom stereocenters. The highest BCUT2D eigenvalue weighted by Crippen LogP contribution is 2.23. The summed E-state index contributed by atoms with van der Waals surface area (Å²) >= 11 is 0. The van der Waals surface area contributed by atoms with E-state index in [1.54, 1.807) is 0 Å². The standard InChI is InChI=1S/C23H25F2N3O4/c1-13(26-23(32)20(29)15-10-16(24)12-17(25)11-15)21(30)28-19-9-5-8-18(27-22(19)31)14-6-3-2-4-7-14/h2-4,6-7,10-13,18-20,29H,5,8-9H2,1H3,(H,26,32)(H,27,31)(H,28,30)/t13-,18-,19-,20+/m0/s1. The Morgan fingerprint density at radius 2 is 1.72 bits per heavy atom. The zero-order valence-corrected chi connectivity index (χ0v) is 17.5. The van der Waals surface area contributed by atoms with Crippen LogP contribution in [0.3, 0.4) is 0 Å². The largest absolute Gasteiger partial charge is 0.378 e. The molecule has 2 aromatic carbocycles. The minimum atomic E-state index is -1.86. The van der Waals surface area contributed by atoms with Crippen LogP contribution in [0.25, 0.3) is 0 Å². The topological polar surface area (TPSA) is 108 Å². The number of benzene rings is 2. The smallest absolute Gasteiger partial charge is 0.254 e. The number of hydrogen-bond donors (Lipinski definition) is 4. The van der Waals surface area contributed by atoms with Crippen molar-refractivity contribution in [2.75, 3.05) is 0 Å². The molecule has 7 nitrogen and oxygen atoms in total. The fraction of sp³-hybridized carbons (Fsp3) is 0.348. The third-order valence-electron chi connectivity index (χ3n) is 5.34. The van der Waals surface area contributed by atoms with Crippen molar-refractivity contribution in [3.63, 3.8) is 0 Å². The summed E-state index contributed by atoms with van der Waals surface area (Å²) in [5.41, 5.74) is 0.707. The first-order chi connectivity index (χ1) is 15.2. The number of amides is 3. The van der Waals surface area contributed by atoms with Gasteiger partial charge in [0.2, 0.25) is 11.8 Å². The molecule has 1 heterocycles. The van der Waals surface area contributed by atoms with Gasteiger partial charge in [0.1, 0.15) is 23.7 Å². The molecule has 170 valence electrons. The van der Waals surface area contributed by atoms with Crippen molar-refractivity contribution in [3.8, 4) is 0 Å². The van der Waals surface area contributed by atoms with Crippen LogP contribution < -0.4 is 16.0 Å². The highest BCUT2D eigenvalue weighted by atomic mass is 19.1. The van der Waals surface area contributed by atoms with Gasteiger partial charge in [-0.1, -0.05) is 30.3 Å². The summed E-state index contributed by atoms with van der Waals surface area (Å²) in [5.74, 6) is -3.81. The molecule has 1 aliphatic rings. The van der Waals surface area contributed by atoms with E-state index >= 15 is 0 Å². The van der Waals surface area contributed by atoms with Crippen LogP contribution in [0, 0.1) is 11.6 Å². The third-order valence-corrected chi connectivity index (χ3v) is 5.34. The average molecular weight is 445 g/mol. The highest BCUT2D eigenvalue weighted by Gasteiger charge is 2.30. The van der Waals surface area contributed by atoms with Crippen molar-refractivity contribution in [1.82, 2.24) is 16.0 Å². The van der Waals surface area contributed by atoms with E-state index in [-0.39, 0.29) is 17.5 Å². The van der Waals surface area contributed by atoms with Gasteiger partial charge in [0, 0.05) is 6.07 Å². The summed E-state index contributed by atoms with van der Waals surface area (Å²) in [4.78, 5) is 37.4. The van der Waals surface area contributed by atoms with Crippen LogP contribution in [0.2, 0.25) is 0 Å². The molecule has 4 atom stereocenters. The Morgan fingerprint density at radius 1 is 1.06 bits per heavy atom. The van der Waals surface area contributed by atoms with Crippen molar-refractivity contribution in [2.24, 2.45) is 0 Å². The van der Waals surface area contributed by atoms with Gasteiger partial charge in [-0.2, -0.15) is 0 Å². The molecule has 0 saturated carbocycles. The van der Waals surface area contributed by atoms with Crippen LogP contribution in [0.15, 0.2) is 48.5 Å². The van der Waals surface area contributed by atoms with E-state index in [0.29, 0.717) is 18.9 Å². The van der Waals surface area contributed by atoms with E-state index in [1.165, 1.54) is 6.92 Å². The maximum atomic E-state index is 13.3. The Labute approximate surface area is 184 Å². The summed E-state index contributed by atoms with van der Waals surface area (Å²) in [7, 11) is 0. The van der Waals surface area contributed by atoms with Crippen LogP contribution in [-0.4, -0.2) is 34.9 Å². The number of hydrogen-bond acceptors (Lipinski definition) is 4. The second kappa shape index (κ2) is 10.3. The van der Waals surface area contributed by atoms with Crippen molar-refractivity contribution < 1.29 is 28.3 Å². The van der Waals surface area contributed by atoms with E-state index in [9.17, 15) is 28.3 Å². The first kappa shape index (κ1) is 23.3. The Bertz CT molecular complexity index is 966. The average Bonchev–Trinajstić information content (AvgIpc) is 2.94. The number of nitrogens with one attached hydrogen (secondary N) is 3. The van der Waals surface area contributed by atoms with Crippen molar-refractivity contribution in [2.45, 2.75) is 50.4 Å². The maximum Gasteiger partial charge on any atom is 0.254 e. The van der Waals surface area contributed by atoms with Crippen molar-refractivity contribution in [1.29, 1.82) is 0 Å². The SMILES string of the molecule is C[C@H](NC(=O)[C@H](O)c1cc(F)cc(F)c1)C(=O)N[C@H]1CCC[C@@H](c2ccccc2)NC1=O. The molecule has 0 aliphatic carbocycles. The lowest BCUT2D eigenvalue weighted by atomic mass is 10.0. The molecule has 0 aromatic heterocycles. The molecule has 9 heteroatoms. The first-order valence-corrected chi connectivity index (χ1v) is 10.3. The predicted molar refractivity (Wildman–Crippen MR) is 112 cm³/mol. The third kappa shape index (κ3) is 5.88. The molecule has 0 radical (unpaired) electrons. The number of aliphatic hydroxyl groups excluding tert-OH is 1. The fourth-order valence-electron chi connectivity index (χ4n) is 3.61. The van der Waals surface area contributed by atoms with Gasteiger partial charge < -0.3 is 21.1 Å². The normalized spacial score (nSPS) is 20.4. The number of aliphatic hydroxyl groups is 1. The van der Waals surface area contributed by atoms with Gasteiger partial charge in [-0.05, 0) is 49.4 Å². The Morgan fingerprint density at radius 3 is 2.38 bits per heavy atom. The van der Waals surface area contributed by atoms with Gasteiger partial charge in [-0.15, -0.1) is 0 Å². The zero-order valence-electron chi connectivity index (χ0n) is 17.5. The van der Waals surface area contributed by atoms with Crippen LogP contribution in [-0.2, 0) is 14.4 Å². The van der Waals surface area contributed by atoms with Crippen LogP contribution in [0.5, 0.6) is 0 Å². The molecule has 3 rings (SSSR count). The lowest BCUT2D eigenvalue weighted by molar-refractivity contribution is -0.135. The number of rotatable bonds is 6. The molecule has 1 saturated heterocycles. The van der Waals surface area contributed by atoms with Crippen LogP contribution >= 0.6 is 0 Å². The van der Waals surface area contributed by atoms with Gasteiger partial charge in [0.25, 0.3) is 5.91 Å². The Hall–Kier alpha value is -3.33. The van der Waals surface area contributed by atoms with Crippen molar-refractivity contribution in [3.05, 3.63) is 71.3 Å². The highest BCUT2D eigenvalue weighted by molar-refractivity contribution is 5.93. The van der Waals surface area contributed by atoms with Gasteiger partial charge in [-0.25, -0.2) is 8.78 Å². The lowest BCUT2D eigenvalue weighted by Gasteiger charge is -2.21. The number of carbonyl (C=O) groups excluding carboxylic acids is 3. The summed E-state index contributed by atoms with van der Waals surface area (Å²) in [5, 5.41) is 17.9. The zero-order chi connectivity index (χ0) is 23.3. The van der Waals surface area contributed by atoms with E-state index in [0.717, 1.165) is 24.1 Å². The fourth-order valence-corrected chi connectivity index (χ4v) is 3.61. The Balaban J connectivity index is 1.56. The molecule has 1 aliphatic heterocycles. The van der Waals surface area contributed by atoms with Gasteiger partial charge in [0.15, 0.2) is 6.10 Å². The predicted octanol–water partition coefficient (Wildman–Crippen LogP) is 2.03. The molecule has 0 bridgehead atoms. The molecular weight excluding hydrogens is 420 g/mol. The van der Waals surface area contributed by atoms with Crippen LogP contribution in [0.4, 0.5) is 8.78 Å². The van der Waals surface area contributed by atoms with Crippen molar-refractivity contribution >= 4 is 17.7 Å². The number of halogens is 2. The molecule has 2 aromatic rings. The minimum Gasteiger partial charge on any atom is -0.378 e. The molecule has 4 N–H and O–H groups in total. The summed E-state index contributed by atoms with van der Waals surface area (Å²) in [6, 6.07) is 9.81. The summed E-state index contributed by atoms with van der Waals surface area (Å²) in [6.45, 7) is 1.38. The van der Waals surface area contributed by atoms with E-state index < -0.39 is 41.6 Å². The van der Waals surface area contributed by atoms with E-state index in [4.69, 9.17) is 0 Å². The molecule has 32 heavy (non-hydrogen) atoms. The molecule has 1 fully saturated rings. The second-order valence-electron chi connectivity index (χ2n) is 7.80. The second-order valence-corrected chi connectivity index (χ2v) is 7.80. The summed E-state index contributed by atoms with van der Waals surface area (Å²) in [6.07, 6.45) is 0.00838. The Kier molecular flexibility index (Phi) is 7.53. The van der Waals surface area contributed by atoms with E-state index in [2.05, 4.69) is 16.0 Å². The van der Waals surface area contributed by atoms with Gasteiger partial charge in [0.05, 0.1) is 6.04 Å².